The van der Waals surface area contributed by atoms with Crippen LogP contribution >= 0.6 is 0 Å². The molecule has 0 spiro atoms. The van der Waals surface area contributed by atoms with Crippen LogP contribution in [0.5, 0.6) is 5.75 Å². The molecule has 0 bridgehead atoms. The summed E-state index contributed by atoms with van der Waals surface area (Å²) in [5.41, 5.74) is 7.22. The summed E-state index contributed by atoms with van der Waals surface area (Å²) in [6.45, 7) is 2.08. The minimum absolute atomic E-state index is 0.00166. The van der Waals surface area contributed by atoms with Crippen molar-refractivity contribution in [1.82, 2.24) is 5.43 Å². The number of amides is 1. The standard InChI is InChI=1S/C28H23N3O4/c1-20(22-15-17-25(18-16-22)31(33)34)29-30-28(32)24-13-11-21(12-14-24)19-35-27-10-6-5-9-26(27)23-7-3-2-4-8-23/h2-18H,19H2,1H3,(H,30,32)/b29-20-. The Morgan fingerprint density at radius 1 is 0.857 bits per heavy atom. The molecular formula is C28H23N3O4. The molecule has 0 aliphatic carbocycles. The Balaban J connectivity index is 1.36. The number of carbonyl (C=O) groups excluding carboxylic acids is 1. The molecular weight excluding hydrogens is 442 g/mol. The number of hydrogen-bond acceptors (Lipinski definition) is 5. The van der Waals surface area contributed by atoms with Gasteiger partial charge in [-0.05, 0) is 53.9 Å². The van der Waals surface area contributed by atoms with E-state index >= 15 is 0 Å². The third-order valence-corrected chi connectivity index (χ3v) is 5.40. The highest BCUT2D eigenvalue weighted by molar-refractivity contribution is 6.01. The first-order chi connectivity index (χ1) is 17.0. The largest absolute Gasteiger partial charge is 0.488 e. The van der Waals surface area contributed by atoms with Crippen LogP contribution in [-0.2, 0) is 6.61 Å². The van der Waals surface area contributed by atoms with E-state index in [4.69, 9.17) is 4.74 Å². The quantitative estimate of drug-likeness (QED) is 0.196. The SMILES string of the molecule is C/C(=N/NC(=O)c1ccc(COc2ccccc2-c2ccccc2)cc1)c1ccc([N+](=O)[O-])cc1. The average molecular weight is 466 g/mol. The van der Waals surface area contributed by atoms with Crippen LogP contribution in [0.1, 0.15) is 28.4 Å². The highest BCUT2D eigenvalue weighted by Gasteiger charge is 2.09. The minimum Gasteiger partial charge on any atom is -0.488 e. The maximum absolute atomic E-state index is 12.5. The molecule has 4 aromatic rings. The van der Waals surface area contributed by atoms with Crippen LogP contribution < -0.4 is 10.2 Å². The fourth-order valence-corrected chi connectivity index (χ4v) is 3.45. The summed E-state index contributed by atoms with van der Waals surface area (Å²) in [6.07, 6.45) is 0. The summed E-state index contributed by atoms with van der Waals surface area (Å²) >= 11 is 0. The zero-order valence-corrected chi connectivity index (χ0v) is 19.0. The van der Waals surface area contributed by atoms with Crippen molar-refractivity contribution in [1.29, 1.82) is 0 Å². The maximum atomic E-state index is 12.5. The Morgan fingerprint density at radius 2 is 1.49 bits per heavy atom. The summed E-state index contributed by atoms with van der Waals surface area (Å²) in [4.78, 5) is 22.8. The number of non-ortho nitro benzene ring substituents is 1. The highest BCUT2D eigenvalue weighted by atomic mass is 16.6. The Morgan fingerprint density at radius 3 is 2.17 bits per heavy atom. The molecule has 7 heteroatoms. The predicted octanol–water partition coefficient (Wildman–Crippen LogP) is 5.99. The predicted molar refractivity (Wildman–Crippen MR) is 135 cm³/mol. The lowest BCUT2D eigenvalue weighted by molar-refractivity contribution is -0.384. The van der Waals surface area contributed by atoms with Crippen molar-refractivity contribution in [2.45, 2.75) is 13.5 Å². The number of nitro benzene ring substituents is 1. The first-order valence-electron chi connectivity index (χ1n) is 11.0. The molecule has 1 N–H and O–H groups in total. The third-order valence-electron chi connectivity index (χ3n) is 5.40. The van der Waals surface area contributed by atoms with Crippen LogP contribution in [-0.4, -0.2) is 16.5 Å². The van der Waals surface area contributed by atoms with Crippen LogP contribution in [0.3, 0.4) is 0 Å². The highest BCUT2D eigenvalue weighted by Crippen LogP contribution is 2.30. The third kappa shape index (κ3) is 5.97. The van der Waals surface area contributed by atoms with E-state index in [1.54, 1.807) is 31.2 Å². The molecule has 1 amide bonds. The lowest BCUT2D eigenvalue weighted by Crippen LogP contribution is -2.19. The molecule has 0 aliphatic heterocycles. The van der Waals surface area contributed by atoms with Crippen molar-refractivity contribution in [2.75, 3.05) is 0 Å². The van der Waals surface area contributed by atoms with Crippen molar-refractivity contribution < 1.29 is 14.5 Å². The van der Waals surface area contributed by atoms with Gasteiger partial charge in [0.15, 0.2) is 0 Å². The van der Waals surface area contributed by atoms with Gasteiger partial charge in [-0.1, -0.05) is 60.7 Å². The summed E-state index contributed by atoms with van der Waals surface area (Å²) in [7, 11) is 0. The van der Waals surface area contributed by atoms with E-state index in [0.29, 0.717) is 23.4 Å². The molecule has 0 saturated carbocycles. The molecule has 35 heavy (non-hydrogen) atoms. The molecule has 4 rings (SSSR count). The van der Waals surface area contributed by atoms with Crippen LogP contribution in [0.4, 0.5) is 5.69 Å². The Bertz CT molecular complexity index is 1350. The lowest BCUT2D eigenvalue weighted by atomic mass is 10.0. The Hall–Kier alpha value is -4.78. The number of nitrogens with one attached hydrogen (secondary N) is 1. The lowest BCUT2D eigenvalue weighted by Gasteiger charge is -2.12. The van der Waals surface area contributed by atoms with Gasteiger partial charge in [-0.3, -0.25) is 14.9 Å². The molecule has 0 fully saturated rings. The molecule has 0 aliphatic rings. The molecule has 0 saturated heterocycles. The van der Waals surface area contributed by atoms with Crippen molar-refractivity contribution in [3.05, 3.63) is 130 Å². The molecule has 4 aromatic carbocycles. The Labute approximate surface area is 202 Å². The van der Waals surface area contributed by atoms with Crippen molar-refractivity contribution in [3.63, 3.8) is 0 Å². The van der Waals surface area contributed by atoms with E-state index in [1.165, 1.54) is 12.1 Å². The van der Waals surface area contributed by atoms with Gasteiger partial charge in [0.05, 0.1) is 10.6 Å². The van der Waals surface area contributed by atoms with Crippen molar-refractivity contribution >= 4 is 17.3 Å². The summed E-state index contributed by atoms with van der Waals surface area (Å²) < 4.78 is 6.06. The fraction of sp³-hybridized carbons (Fsp3) is 0.0714. The molecule has 0 aromatic heterocycles. The van der Waals surface area contributed by atoms with Crippen LogP contribution in [0.2, 0.25) is 0 Å². The number of hydrogen-bond donors (Lipinski definition) is 1. The molecule has 7 nitrogen and oxygen atoms in total. The van der Waals surface area contributed by atoms with E-state index in [9.17, 15) is 14.9 Å². The van der Waals surface area contributed by atoms with Crippen LogP contribution in [0.25, 0.3) is 11.1 Å². The number of nitrogens with zero attached hydrogens (tertiary/aromatic N) is 2. The van der Waals surface area contributed by atoms with Gasteiger partial charge in [0, 0.05) is 23.3 Å². The van der Waals surface area contributed by atoms with Crippen molar-refractivity contribution in [3.8, 4) is 16.9 Å². The zero-order chi connectivity index (χ0) is 24.6. The smallest absolute Gasteiger partial charge is 0.271 e. The first-order valence-corrected chi connectivity index (χ1v) is 11.0. The average Bonchev–Trinajstić information content (AvgIpc) is 2.91. The number of benzene rings is 4. The van der Waals surface area contributed by atoms with E-state index in [1.807, 2.05) is 66.7 Å². The number of para-hydroxylation sites is 1. The van der Waals surface area contributed by atoms with Gasteiger partial charge < -0.3 is 4.74 Å². The van der Waals surface area contributed by atoms with Crippen LogP contribution in [0, 0.1) is 10.1 Å². The van der Waals surface area contributed by atoms with E-state index in [-0.39, 0.29) is 11.6 Å². The number of hydrazone groups is 1. The molecule has 0 radical (unpaired) electrons. The van der Waals surface area contributed by atoms with Gasteiger partial charge in [-0.2, -0.15) is 5.10 Å². The Kier molecular flexibility index (Phi) is 7.28. The molecule has 0 atom stereocenters. The normalized spacial score (nSPS) is 11.1. The number of ether oxygens (including phenoxy) is 1. The van der Waals surface area contributed by atoms with Crippen LogP contribution in [0.15, 0.2) is 108 Å². The second kappa shape index (κ2) is 10.9. The molecule has 174 valence electrons. The summed E-state index contributed by atoms with van der Waals surface area (Å²) in [6, 6.07) is 31.0. The topological polar surface area (TPSA) is 93.8 Å². The maximum Gasteiger partial charge on any atom is 0.271 e. The van der Waals surface area contributed by atoms with Gasteiger partial charge >= 0.3 is 0 Å². The van der Waals surface area contributed by atoms with E-state index in [0.717, 1.165) is 22.4 Å². The minimum atomic E-state index is -0.464. The van der Waals surface area contributed by atoms with Gasteiger partial charge in [0.25, 0.3) is 11.6 Å². The number of nitro groups is 1. The fourth-order valence-electron chi connectivity index (χ4n) is 3.45. The van der Waals surface area contributed by atoms with Crippen molar-refractivity contribution in [2.24, 2.45) is 5.10 Å². The van der Waals surface area contributed by atoms with Gasteiger partial charge in [-0.25, -0.2) is 5.43 Å². The van der Waals surface area contributed by atoms with Gasteiger partial charge in [0.1, 0.15) is 12.4 Å². The second-order valence-electron chi connectivity index (χ2n) is 7.79. The number of rotatable bonds is 8. The molecule has 0 heterocycles. The van der Waals surface area contributed by atoms with E-state index < -0.39 is 4.92 Å². The van der Waals surface area contributed by atoms with E-state index in [2.05, 4.69) is 10.5 Å². The zero-order valence-electron chi connectivity index (χ0n) is 19.0. The van der Waals surface area contributed by atoms with Gasteiger partial charge in [0.2, 0.25) is 0 Å². The first kappa shape index (κ1) is 23.4. The molecule has 0 unspecified atom stereocenters. The monoisotopic (exact) mass is 465 g/mol. The van der Waals surface area contributed by atoms with Gasteiger partial charge in [-0.15, -0.1) is 0 Å². The summed E-state index contributed by atoms with van der Waals surface area (Å²) in [5, 5.41) is 14.9. The second-order valence-corrected chi connectivity index (χ2v) is 7.79. The number of carbonyl (C=O) groups is 1. The summed E-state index contributed by atoms with van der Waals surface area (Å²) in [5.74, 6) is 0.435.